The van der Waals surface area contributed by atoms with E-state index in [-0.39, 0.29) is 0 Å². The molecule has 0 heterocycles. The molecule has 0 atom stereocenters. The zero-order valence-corrected chi connectivity index (χ0v) is 14.3. The third kappa shape index (κ3) is 3.49. The molecule has 0 nitrogen and oxygen atoms in total. The molecule has 0 fully saturated rings. The van der Waals surface area contributed by atoms with Gasteiger partial charge in [-0.05, 0) is 35.1 Å². The van der Waals surface area contributed by atoms with Crippen LogP contribution in [0.5, 0.6) is 0 Å². The smallest absolute Gasteiger partial charge is 0.0307 e. The van der Waals surface area contributed by atoms with Gasteiger partial charge >= 0.3 is 0 Å². The van der Waals surface area contributed by atoms with Crippen LogP contribution in [0.4, 0.5) is 0 Å². The lowest BCUT2D eigenvalue weighted by molar-refractivity contribution is 0.898. The molecular weight excluding hydrogens is 300 g/mol. The zero-order valence-electron chi connectivity index (χ0n) is 14.3. The largest absolute Gasteiger partial charge is 0.0801 e. The average molecular weight is 322 g/mol. The Morgan fingerprint density at radius 1 is 0.640 bits per heavy atom. The van der Waals surface area contributed by atoms with E-state index in [2.05, 4.69) is 103 Å². The van der Waals surface area contributed by atoms with Crippen molar-refractivity contribution in [1.29, 1.82) is 0 Å². The van der Waals surface area contributed by atoms with Crippen molar-refractivity contribution in [2.24, 2.45) is 0 Å². The fourth-order valence-electron chi connectivity index (χ4n) is 3.74. The zero-order chi connectivity index (χ0) is 16.9. The molecule has 0 saturated carbocycles. The lowest BCUT2D eigenvalue weighted by Crippen LogP contribution is -2.06. The van der Waals surface area contributed by atoms with Crippen LogP contribution in [-0.2, 0) is 6.42 Å². The molecule has 122 valence electrons. The minimum Gasteiger partial charge on any atom is -0.0801 e. The Morgan fingerprint density at radius 2 is 1.16 bits per heavy atom. The first kappa shape index (κ1) is 15.7. The predicted octanol–water partition coefficient (Wildman–Crippen LogP) is 6.32. The number of rotatable bonds is 5. The maximum absolute atomic E-state index is 2.32. The van der Waals surface area contributed by atoms with Crippen LogP contribution < -0.4 is 0 Å². The number of benzene rings is 3. The van der Waals surface area contributed by atoms with Gasteiger partial charge in [-0.3, -0.25) is 0 Å². The molecule has 0 N–H and O–H groups in total. The molecular formula is C25H22. The van der Waals surface area contributed by atoms with E-state index in [1.807, 2.05) is 0 Å². The molecule has 0 spiro atoms. The summed E-state index contributed by atoms with van der Waals surface area (Å²) in [5, 5.41) is 0. The summed E-state index contributed by atoms with van der Waals surface area (Å²) in [7, 11) is 0. The van der Waals surface area contributed by atoms with E-state index in [0.29, 0.717) is 5.92 Å². The van der Waals surface area contributed by atoms with E-state index in [9.17, 15) is 0 Å². The Bertz CT molecular complexity index is 832. The second-order valence-electron chi connectivity index (χ2n) is 6.57. The lowest BCUT2D eigenvalue weighted by atomic mass is 9.82. The lowest BCUT2D eigenvalue weighted by Gasteiger charge is -2.22. The fraction of sp³-hybridized carbons (Fsp3) is 0.120. The summed E-state index contributed by atoms with van der Waals surface area (Å²) in [5.41, 5.74) is 7.11. The minimum absolute atomic E-state index is 0.330. The number of allylic oxidation sites excluding steroid dienone is 4. The van der Waals surface area contributed by atoms with Crippen LogP contribution >= 0.6 is 0 Å². The van der Waals surface area contributed by atoms with Crippen LogP contribution in [0, 0.1) is 0 Å². The quantitative estimate of drug-likeness (QED) is 0.516. The third-order valence-electron chi connectivity index (χ3n) is 4.92. The minimum atomic E-state index is 0.330. The second kappa shape index (κ2) is 7.36. The molecule has 3 aromatic rings. The van der Waals surface area contributed by atoms with Gasteiger partial charge in [-0.2, -0.15) is 0 Å². The van der Waals surface area contributed by atoms with Crippen LogP contribution in [0.2, 0.25) is 0 Å². The SMILES string of the molecule is C1=CC(Cc2ccccc2)=C(C(c2ccccc2)c2ccccc2)C1. The van der Waals surface area contributed by atoms with Gasteiger partial charge in [0.2, 0.25) is 0 Å². The molecule has 3 aromatic carbocycles. The highest BCUT2D eigenvalue weighted by Crippen LogP contribution is 2.39. The van der Waals surface area contributed by atoms with E-state index in [0.717, 1.165) is 12.8 Å². The van der Waals surface area contributed by atoms with Crippen molar-refractivity contribution in [3.05, 3.63) is 131 Å². The first-order chi connectivity index (χ1) is 12.4. The molecule has 0 bridgehead atoms. The van der Waals surface area contributed by atoms with Crippen LogP contribution in [-0.4, -0.2) is 0 Å². The maximum Gasteiger partial charge on any atom is 0.0307 e. The van der Waals surface area contributed by atoms with Gasteiger partial charge < -0.3 is 0 Å². The maximum atomic E-state index is 2.32. The van der Waals surface area contributed by atoms with Crippen LogP contribution in [0.3, 0.4) is 0 Å². The van der Waals surface area contributed by atoms with Crippen molar-refractivity contribution in [1.82, 2.24) is 0 Å². The summed E-state index contributed by atoms with van der Waals surface area (Å²) in [6, 6.07) is 32.5. The van der Waals surface area contributed by atoms with Crippen molar-refractivity contribution in [2.75, 3.05) is 0 Å². The van der Waals surface area contributed by atoms with Crippen molar-refractivity contribution in [2.45, 2.75) is 18.8 Å². The normalized spacial score (nSPS) is 13.6. The molecule has 0 heteroatoms. The van der Waals surface area contributed by atoms with Gasteiger partial charge in [0, 0.05) is 5.92 Å². The van der Waals surface area contributed by atoms with Crippen LogP contribution in [0.1, 0.15) is 29.0 Å². The molecule has 4 rings (SSSR count). The standard InChI is InChI=1S/C25H22/c1-4-11-20(12-5-1)19-23-17-10-18-24(23)25(21-13-6-2-7-14-21)22-15-8-3-9-16-22/h1-17,25H,18-19H2. The summed E-state index contributed by atoms with van der Waals surface area (Å²) in [6.45, 7) is 0. The van der Waals surface area contributed by atoms with Crippen molar-refractivity contribution in [3.63, 3.8) is 0 Å². The molecule has 1 aliphatic carbocycles. The van der Waals surface area contributed by atoms with E-state index in [4.69, 9.17) is 0 Å². The molecule has 25 heavy (non-hydrogen) atoms. The fourth-order valence-corrected chi connectivity index (χ4v) is 3.74. The average Bonchev–Trinajstić information content (AvgIpc) is 3.12. The first-order valence-corrected chi connectivity index (χ1v) is 8.94. The van der Waals surface area contributed by atoms with Crippen LogP contribution in [0.25, 0.3) is 0 Å². The summed E-state index contributed by atoms with van der Waals surface area (Å²) in [5.74, 6) is 0.330. The van der Waals surface area contributed by atoms with Gasteiger partial charge in [0.05, 0.1) is 0 Å². The number of hydrogen-bond acceptors (Lipinski definition) is 0. The van der Waals surface area contributed by atoms with Crippen LogP contribution in [0.15, 0.2) is 114 Å². The van der Waals surface area contributed by atoms with E-state index < -0.39 is 0 Å². The molecule has 1 aliphatic rings. The molecule has 0 saturated heterocycles. The Labute approximate surface area is 150 Å². The molecule has 0 amide bonds. The Balaban J connectivity index is 1.77. The topological polar surface area (TPSA) is 0 Å². The van der Waals surface area contributed by atoms with Gasteiger partial charge in [-0.1, -0.05) is 109 Å². The van der Waals surface area contributed by atoms with Gasteiger partial charge in [0.15, 0.2) is 0 Å². The monoisotopic (exact) mass is 322 g/mol. The Kier molecular flexibility index (Phi) is 4.61. The third-order valence-corrected chi connectivity index (χ3v) is 4.92. The summed E-state index contributed by atoms with van der Waals surface area (Å²) in [6.07, 6.45) is 6.67. The van der Waals surface area contributed by atoms with Gasteiger partial charge in [-0.25, -0.2) is 0 Å². The molecule has 0 radical (unpaired) electrons. The van der Waals surface area contributed by atoms with Crippen molar-refractivity contribution >= 4 is 0 Å². The second-order valence-corrected chi connectivity index (χ2v) is 6.57. The molecule has 0 unspecified atom stereocenters. The number of hydrogen-bond donors (Lipinski definition) is 0. The van der Waals surface area contributed by atoms with E-state index in [1.54, 1.807) is 0 Å². The predicted molar refractivity (Wildman–Crippen MR) is 106 cm³/mol. The van der Waals surface area contributed by atoms with Crippen molar-refractivity contribution in [3.8, 4) is 0 Å². The summed E-state index contributed by atoms with van der Waals surface area (Å²) in [4.78, 5) is 0. The summed E-state index contributed by atoms with van der Waals surface area (Å²) < 4.78 is 0. The van der Waals surface area contributed by atoms with E-state index in [1.165, 1.54) is 27.8 Å². The highest BCUT2D eigenvalue weighted by molar-refractivity contribution is 5.49. The Morgan fingerprint density at radius 3 is 1.72 bits per heavy atom. The Hall–Kier alpha value is -2.86. The highest BCUT2D eigenvalue weighted by atomic mass is 14.3. The van der Waals surface area contributed by atoms with Crippen molar-refractivity contribution < 1.29 is 0 Å². The van der Waals surface area contributed by atoms with Gasteiger partial charge in [0.25, 0.3) is 0 Å². The summed E-state index contributed by atoms with van der Waals surface area (Å²) >= 11 is 0. The molecule has 0 aliphatic heterocycles. The van der Waals surface area contributed by atoms with E-state index >= 15 is 0 Å². The first-order valence-electron chi connectivity index (χ1n) is 8.94. The highest BCUT2D eigenvalue weighted by Gasteiger charge is 2.23. The van der Waals surface area contributed by atoms with Gasteiger partial charge in [-0.15, -0.1) is 0 Å². The molecule has 0 aromatic heterocycles. The van der Waals surface area contributed by atoms with Gasteiger partial charge in [0.1, 0.15) is 0 Å².